The number of aliphatic hydroxyl groups excluding tert-OH is 1. The van der Waals surface area contributed by atoms with Gasteiger partial charge < -0.3 is 9.67 Å². The van der Waals surface area contributed by atoms with Crippen molar-refractivity contribution < 1.29 is 13.9 Å². The number of imidazole rings is 1. The number of halogens is 2. The first kappa shape index (κ1) is 12.7. The van der Waals surface area contributed by atoms with Crippen molar-refractivity contribution in [3.8, 4) is 0 Å². The number of hydrogen-bond donors (Lipinski definition) is 1. The molecule has 1 aromatic carbocycles. The highest BCUT2D eigenvalue weighted by atomic mass is 19.1. The topological polar surface area (TPSA) is 38.0 Å². The van der Waals surface area contributed by atoms with Crippen molar-refractivity contribution in [2.45, 2.75) is 26.0 Å². The Morgan fingerprint density at radius 3 is 2.61 bits per heavy atom. The quantitative estimate of drug-likeness (QED) is 0.908. The molecule has 18 heavy (non-hydrogen) atoms. The van der Waals surface area contributed by atoms with Crippen molar-refractivity contribution >= 4 is 0 Å². The van der Waals surface area contributed by atoms with Gasteiger partial charge in [-0.1, -0.05) is 13.0 Å². The van der Waals surface area contributed by atoms with Crippen LogP contribution in [0, 0.1) is 11.6 Å². The number of aromatic nitrogens is 2. The van der Waals surface area contributed by atoms with E-state index in [1.54, 1.807) is 10.8 Å². The first-order chi connectivity index (χ1) is 8.65. The van der Waals surface area contributed by atoms with Crippen LogP contribution >= 0.6 is 0 Å². The minimum absolute atomic E-state index is 0.251. The summed E-state index contributed by atoms with van der Waals surface area (Å²) in [4.78, 5) is 3.97. The number of nitrogens with zero attached hydrogens (tertiary/aromatic N) is 2. The van der Waals surface area contributed by atoms with E-state index < -0.39 is 17.7 Å². The Labute approximate surface area is 104 Å². The second-order valence-electron chi connectivity index (χ2n) is 4.02. The van der Waals surface area contributed by atoms with Gasteiger partial charge >= 0.3 is 0 Å². The fourth-order valence-electron chi connectivity index (χ4n) is 1.90. The minimum Gasteiger partial charge on any atom is -0.380 e. The Morgan fingerprint density at radius 2 is 2.00 bits per heavy atom. The van der Waals surface area contributed by atoms with Crippen molar-refractivity contribution in [1.29, 1.82) is 0 Å². The van der Waals surface area contributed by atoms with E-state index in [0.717, 1.165) is 18.6 Å². The maximum atomic E-state index is 13.6. The molecule has 2 rings (SSSR count). The molecule has 0 saturated heterocycles. The summed E-state index contributed by atoms with van der Waals surface area (Å²) < 4.78 is 28.8. The van der Waals surface area contributed by atoms with Gasteiger partial charge in [0.1, 0.15) is 23.6 Å². The maximum Gasteiger partial charge on any atom is 0.142 e. The Kier molecular flexibility index (Phi) is 3.72. The average molecular weight is 252 g/mol. The first-order valence-corrected chi connectivity index (χ1v) is 5.78. The molecule has 0 aliphatic heterocycles. The minimum atomic E-state index is -1.40. The molecule has 0 saturated carbocycles. The zero-order valence-electron chi connectivity index (χ0n) is 9.98. The normalized spacial score (nSPS) is 12.7. The van der Waals surface area contributed by atoms with Crippen molar-refractivity contribution in [3.05, 3.63) is 53.6 Å². The Bertz CT molecular complexity index is 519. The van der Waals surface area contributed by atoms with Gasteiger partial charge in [0, 0.05) is 18.9 Å². The van der Waals surface area contributed by atoms with E-state index in [2.05, 4.69) is 4.98 Å². The smallest absolute Gasteiger partial charge is 0.142 e. The lowest BCUT2D eigenvalue weighted by Gasteiger charge is -2.14. The van der Waals surface area contributed by atoms with Crippen LogP contribution in [0.3, 0.4) is 0 Å². The second kappa shape index (κ2) is 5.27. The van der Waals surface area contributed by atoms with Gasteiger partial charge in [-0.3, -0.25) is 0 Å². The van der Waals surface area contributed by atoms with Gasteiger partial charge in [-0.2, -0.15) is 0 Å². The van der Waals surface area contributed by atoms with Crippen LogP contribution < -0.4 is 0 Å². The van der Waals surface area contributed by atoms with Crippen LogP contribution in [0.1, 0.15) is 30.8 Å². The van der Waals surface area contributed by atoms with Gasteiger partial charge in [-0.25, -0.2) is 13.8 Å². The van der Waals surface area contributed by atoms with E-state index >= 15 is 0 Å². The maximum absolute atomic E-state index is 13.6. The molecule has 1 heterocycles. The highest BCUT2D eigenvalue weighted by Gasteiger charge is 2.23. The third kappa shape index (κ3) is 2.26. The summed E-state index contributed by atoms with van der Waals surface area (Å²) in [6.45, 7) is 2.61. The largest absolute Gasteiger partial charge is 0.380 e. The lowest BCUT2D eigenvalue weighted by molar-refractivity contribution is 0.193. The van der Waals surface area contributed by atoms with Crippen LogP contribution in [-0.2, 0) is 6.54 Å². The predicted molar refractivity (Wildman–Crippen MR) is 62.9 cm³/mol. The average Bonchev–Trinajstić information content (AvgIpc) is 2.77. The van der Waals surface area contributed by atoms with Gasteiger partial charge in [0.2, 0.25) is 0 Å². The number of aryl methyl sites for hydroxylation is 1. The van der Waals surface area contributed by atoms with Crippen LogP contribution in [-0.4, -0.2) is 14.7 Å². The molecule has 0 amide bonds. The summed E-state index contributed by atoms with van der Waals surface area (Å²) >= 11 is 0. The molecule has 96 valence electrons. The SMILES string of the molecule is CCCn1ccnc1C(O)c1c(F)cccc1F. The van der Waals surface area contributed by atoms with Crippen LogP contribution in [0.4, 0.5) is 8.78 Å². The molecular formula is C13H14F2N2O. The molecule has 0 fully saturated rings. The third-order valence-corrected chi connectivity index (χ3v) is 2.73. The molecule has 5 heteroatoms. The van der Waals surface area contributed by atoms with E-state index in [1.807, 2.05) is 6.92 Å². The summed E-state index contributed by atoms with van der Waals surface area (Å²) in [7, 11) is 0. The lowest BCUT2D eigenvalue weighted by Crippen LogP contribution is -2.12. The number of aliphatic hydroxyl groups is 1. The fourth-order valence-corrected chi connectivity index (χ4v) is 1.90. The zero-order valence-corrected chi connectivity index (χ0v) is 9.98. The van der Waals surface area contributed by atoms with E-state index in [0.29, 0.717) is 6.54 Å². The summed E-state index contributed by atoms with van der Waals surface area (Å²) in [6.07, 6.45) is 2.64. The van der Waals surface area contributed by atoms with Crippen LogP contribution in [0.15, 0.2) is 30.6 Å². The van der Waals surface area contributed by atoms with Crippen molar-refractivity contribution in [1.82, 2.24) is 9.55 Å². The van der Waals surface area contributed by atoms with Crippen LogP contribution in [0.25, 0.3) is 0 Å². The molecule has 0 bridgehead atoms. The zero-order chi connectivity index (χ0) is 13.1. The molecule has 0 aliphatic carbocycles. The molecule has 1 N–H and O–H groups in total. The van der Waals surface area contributed by atoms with Gasteiger partial charge in [0.05, 0.1) is 5.56 Å². The van der Waals surface area contributed by atoms with E-state index in [4.69, 9.17) is 0 Å². The van der Waals surface area contributed by atoms with Gasteiger partial charge in [-0.15, -0.1) is 0 Å². The lowest BCUT2D eigenvalue weighted by atomic mass is 10.1. The molecule has 1 unspecified atom stereocenters. The second-order valence-corrected chi connectivity index (χ2v) is 4.02. The highest BCUT2D eigenvalue weighted by Crippen LogP contribution is 2.25. The highest BCUT2D eigenvalue weighted by molar-refractivity contribution is 5.26. The summed E-state index contributed by atoms with van der Waals surface area (Å²) in [5.74, 6) is -1.29. The third-order valence-electron chi connectivity index (χ3n) is 2.73. The van der Waals surface area contributed by atoms with E-state index in [9.17, 15) is 13.9 Å². The van der Waals surface area contributed by atoms with E-state index in [1.165, 1.54) is 12.3 Å². The number of rotatable bonds is 4. The molecule has 0 spiro atoms. The van der Waals surface area contributed by atoms with Crippen molar-refractivity contribution in [2.75, 3.05) is 0 Å². The summed E-state index contributed by atoms with van der Waals surface area (Å²) in [6, 6.07) is 3.50. The molecule has 0 radical (unpaired) electrons. The standard InChI is InChI=1S/C13H14F2N2O/c1-2-7-17-8-6-16-13(17)12(18)11-9(14)4-3-5-10(11)15/h3-6,8,12,18H,2,7H2,1H3. The summed E-state index contributed by atoms with van der Waals surface area (Å²) in [5.41, 5.74) is -0.360. The Morgan fingerprint density at radius 1 is 1.33 bits per heavy atom. The molecule has 1 aromatic heterocycles. The monoisotopic (exact) mass is 252 g/mol. The van der Waals surface area contributed by atoms with Gasteiger partial charge in [-0.05, 0) is 18.6 Å². The molecule has 2 aromatic rings. The van der Waals surface area contributed by atoms with Gasteiger partial charge in [0.15, 0.2) is 0 Å². The molecule has 3 nitrogen and oxygen atoms in total. The predicted octanol–water partition coefficient (Wildman–Crippen LogP) is 2.65. The Balaban J connectivity index is 2.41. The number of benzene rings is 1. The van der Waals surface area contributed by atoms with E-state index in [-0.39, 0.29) is 11.4 Å². The first-order valence-electron chi connectivity index (χ1n) is 5.78. The summed E-state index contributed by atoms with van der Waals surface area (Å²) in [5, 5.41) is 10.1. The molecular weight excluding hydrogens is 238 g/mol. The van der Waals surface area contributed by atoms with Crippen LogP contribution in [0.5, 0.6) is 0 Å². The van der Waals surface area contributed by atoms with Crippen LogP contribution in [0.2, 0.25) is 0 Å². The van der Waals surface area contributed by atoms with Crippen molar-refractivity contribution in [2.24, 2.45) is 0 Å². The number of hydrogen-bond acceptors (Lipinski definition) is 2. The molecule has 0 aliphatic rings. The van der Waals surface area contributed by atoms with Crippen molar-refractivity contribution in [3.63, 3.8) is 0 Å². The Hall–Kier alpha value is -1.75. The molecule has 1 atom stereocenters. The van der Waals surface area contributed by atoms with Gasteiger partial charge in [0.25, 0.3) is 0 Å². The fraction of sp³-hybridized carbons (Fsp3) is 0.308.